The minimum atomic E-state index is -1.62. The summed E-state index contributed by atoms with van der Waals surface area (Å²) in [6, 6.07) is 0. The minimum Gasteiger partial charge on any atom is -0.545 e. The Morgan fingerprint density at radius 2 is 0.947 bits per heavy atom. The lowest BCUT2D eigenvalue weighted by atomic mass is 10.1. The maximum Gasteiger partial charge on any atom is 0.306 e. The van der Waals surface area contributed by atoms with Gasteiger partial charge in [0.1, 0.15) is 13.2 Å². The molecular formula is C48H87NO8. The smallest absolute Gasteiger partial charge is 0.306 e. The van der Waals surface area contributed by atoms with Gasteiger partial charge in [0.2, 0.25) is 0 Å². The third-order valence-corrected chi connectivity index (χ3v) is 9.89. The second-order valence-corrected chi connectivity index (χ2v) is 16.7. The van der Waals surface area contributed by atoms with E-state index in [1.54, 1.807) is 0 Å². The van der Waals surface area contributed by atoms with Crippen LogP contribution in [0.4, 0.5) is 0 Å². The van der Waals surface area contributed by atoms with Crippen LogP contribution < -0.4 is 5.11 Å². The first kappa shape index (κ1) is 54.5. The molecule has 0 aliphatic rings. The molecule has 0 amide bonds. The van der Waals surface area contributed by atoms with Gasteiger partial charge in [-0.15, -0.1) is 0 Å². The minimum absolute atomic E-state index is 0.145. The largest absolute Gasteiger partial charge is 0.545 e. The average molecular weight is 806 g/mol. The van der Waals surface area contributed by atoms with Crippen molar-refractivity contribution in [2.45, 2.75) is 206 Å². The van der Waals surface area contributed by atoms with Gasteiger partial charge in [0, 0.05) is 12.8 Å². The molecule has 9 heteroatoms. The number of nitrogens with zero attached hydrogens (tertiary/aromatic N) is 1. The number of carboxylic acid groups (broad SMARTS) is 1. The zero-order chi connectivity index (χ0) is 42.1. The van der Waals surface area contributed by atoms with E-state index in [1.165, 1.54) is 89.9 Å². The average Bonchev–Trinajstić information content (AvgIpc) is 3.17. The fourth-order valence-electron chi connectivity index (χ4n) is 6.25. The van der Waals surface area contributed by atoms with Crippen LogP contribution in [0.3, 0.4) is 0 Å². The first-order valence-corrected chi connectivity index (χ1v) is 23.1. The quantitative estimate of drug-likeness (QED) is 0.0197. The number of carboxylic acids is 1. The molecule has 0 rings (SSSR count). The first-order valence-electron chi connectivity index (χ1n) is 23.1. The number of rotatable bonds is 42. The van der Waals surface area contributed by atoms with Crippen molar-refractivity contribution in [3.8, 4) is 0 Å². The summed E-state index contributed by atoms with van der Waals surface area (Å²) in [6.45, 7) is 4.70. The zero-order valence-electron chi connectivity index (χ0n) is 37.5. The highest BCUT2D eigenvalue weighted by Gasteiger charge is 2.21. The molecule has 0 bridgehead atoms. The van der Waals surface area contributed by atoms with Crippen LogP contribution in [0, 0.1) is 0 Å². The molecular weight excluding hydrogens is 719 g/mol. The number of aliphatic carboxylic acids is 1. The van der Waals surface area contributed by atoms with Gasteiger partial charge in [-0.05, 0) is 51.4 Å². The third-order valence-electron chi connectivity index (χ3n) is 9.89. The van der Waals surface area contributed by atoms with Gasteiger partial charge < -0.3 is 33.3 Å². The van der Waals surface area contributed by atoms with Gasteiger partial charge in [-0.3, -0.25) is 9.59 Å². The Morgan fingerprint density at radius 3 is 1.40 bits per heavy atom. The van der Waals surface area contributed by atoms with Crippen LogP contribution in [0.1, 0.15) is 194 Å². The molecule has 0 aliphatic carbocycles. The topological polar surface area (TPSA) is 111 Å². The Bertz CT molecular complexity index is 1030. The van der Waals surface area contributed by atoms with Gasteiger partial charge in [0.05, 0.1) is 40.3 Å². The highest BCUT2D eigenvalue weighted by Crippen LogP contribution is 2.14. The number of hydrogen-bond donors (Lipinski definition) is 0. The number of quaternary nitrogens is 1. The fraction of sp³-hybridized carbons (Fsp3) is 0.812. The highest BCUT2D eigenvalue weighted by molar-refractivity contribution is 5.70. The van der Waals surface area contributed by atoms with Crippen LogP contribution in [-0.4, -0.2) is 82.3 Å². The molecule has 0 heterocycles. The summed E-state index contributed by atoms with van der Waals surface area (Å²) in [5.41, 5.74) is 0. The van der Waals surface area contributed by atoms with Crippen LogP contribution in [-0.2, 0) is 33.3 Å². The van der Waals surface area contributed by atoms with E-state index in [0.717, 1.165) is 70.6 Å². The molecule has 2 atom stereocenters. The third kappa shape index (κ3) is 41.5. The second-order valence-electron chi connectivity index (χ2n) is 16.7. The molecule has 0 radical (unpaired) electrons. The number of allylic oxidation sites excluding steroid dienone is 6. The summed E-state index contributed by atoms with van der Waals surface area (Å²) in [6.07, 6.45) is 41.7. The molecule has 0 N–H and O–H groups in total. The molecule has 0 fully saturated rings. The van der Waals surface area contributed by atoms with Crippen molar-refractivity contribution in [1.82, 2.24) is 0 Å². The van der Waals surface area contributed by atoms with Crippen LogP contribution >= 0.6 is 0 Å². The van der Waals surface area contributed by atoms with Gasteiger partial charge in [0.15, 0.2) is 12.4 Å². The number of carbonyl (C=O) groups excluding carboxylic acids is 3. The Morgan fingerprint density at radius 1 is 0.526 bits per heavy atom. The predicted molar refractivity (Wildman–Crippen MR) is 232 cm³/mol. The van der Waals surface area contributed by atoms with Crippen LogP contribution in [0.15, 0.2) is 36.5 Å². The van der Waals surface area contributed by atoms with Crippen LogP contribution in [0.5, 0.6) is 0 Å². The second kappa shape index (κ2) is 40.3. The zero-order valence-corrected chi connectivity index (χ0v) is 37.5. The number of hydrogen-bond acceptors (Lipinski definition) is 8. The summed E-state index contributed by atoms with van der Waals surface area (Å²) in [5, 5.41) is 11.7. The van der Waals surface area contributed by atoms with E-state index in [9.17, 15) is 19.5 Å². The monoisotopic (exact) mass is 806 g/mol. The molecule has 0 spiro atoms. The Balaban J connectivity index is 4.40. The Hall–Kier alpha value is -2.49. The Kier molecular flexibility index (Phi) is 38.5. The lowest BCUT2D eigenvalue weighted by Crippen LogP contribution is -2.44. The number of carbonyl (C=O) groups is 3. The molecule has 0 aromatic rings. The lowest BCUT2D eigenvalue weighted by Gasteiger charge is -2.26. The van der Waals surface area contributed by atoms with Gasteiger partial charge in [-0.25, -0.2) is 0 Å². The molecule has 0 aromatic carbocycles. The predicted octanol–water partition coefficient (Wildman–Crippen LogP) is 10.9. The van der Waals surface area contributed by atoms with E-state index in [2.05, 4.69) is 50.3 Å². The summed E-state index contributed by atoms with van der Waals surface area (Å²) < 4.78 is 22.5. The van der Waals surface area contributed by atoms with Gasteiger partial charge in [0.25, 0.3) is 0 Å². The maximum absolute atomic E-state index is 12.7. The molecule has 9 nitrogen and oxygen atoms in total. The van der Waals surface area contributed by atoms with Gasteiger partial charge in [-0.1, -0.05) is 166 Å². The molecule has 332 valence electrons. The van der Waals surface area contributed by atoms with Crippen molar-refractivity contribution >= 4 is 17.9 Å². The van der Waals surface area contributed by atoms with E-state index in [4.69, 9.17) is 18.9 Å². The van der Waals surface area contributed by atoms with Gasteiger partial charge >= 0.3 is 11.9 Å². The number of ether oxygens (including phenoxy) is 4. The van der Waals surface area contributed by atoms with Crippen molar-refractivity contribution in [3.63, 3.8) is 0 Å². The van der Waals surface area contributed by atoms with Crippen LogP contribution in [0.25, 0.3) is 0 Å². The lowest BCUT2D eigenvalue weighted by molar-refractivity contribution is -0.870. The summed E-state index contributed by atoms with van der Waals surface area (Å²) in [7, 11) is 5.90. The Labute approximate surface area is 350 Å². The standard InChI is InChI=1S/C48H87NO8/c1-6-8-10-12-14-16-18-19-20-21-22-23-24-25-26-27-29-31-33-35-37-39-46(51)57-44(43-56-48(47(52)53)54-41-40-49(3,4)5)42-55-45(50)38-36-34-32-30-28-17-15-13-11-9-7-2/h18-19,21-22,24-25,44,48H,6-17,20,23,26-43H2,1-5H3/b19-18-,22-21-,25-24-. The molecule has 0 saturated heterocycles. The van der Waals surface area contributed by atoms with E-state index >= 15 is 0 Å². The SMILES string of the molecule is CCCCCCC/C=C\C/C=C\C/C=C\CCCCCCCCC(=O)OC(COC(=O)CCCCCCCCCCCCC)COC(OCC[N+](C)(C)C)C(=O)[O-]. The van der Waals surface area contributed by atoms with Crippen LogP contribution in [0.2, 0.25) is 0 Å². The molecule has 0 aliphatic heterocycles. The fourth-order valence-corrected chi connectivity index (χ4v) is 6.25. The molecule has 2 unspecified atom stereocenters. The summed E-state index contributed by atoms with van der Waals surface area (Å²) in [5.74, 6) is -2.30. The van der Waals surface area contributed by atoms with Crippen molar-refractivity contribution in [1.29, 1.82) is 0 Å². The maximum atomic E-state index is 12.7. The van der Waals surface area contributed by atoms with Crippen molar-refractivity contribution in [2.24, 2.45) is 0 Å². The molecule has 0 aromatic heterocycles. The van der Waals surface area contributed by atoms with Gasteiger partial charge in [-0.2, -0.15) is 0 Å². The number of esters is 2. The van der Waals surface area contributed by atoms with E-state index in [0.29, 0.717) is 23.9 Å². The number of unbranched alkanes of at least 4 members (excludes halogenated alkanes) is 21. The molecule has 0 saturated carbocycles. The summed E-state index contributed by atoms with van der Waals surface area (Å²) >= 11 is 0. The highest BCUT2D eigenvalue weighted by atomic mass is 16.7. The van der Waals surface area contributed by atoms with Crippen molar-refractivity contribution in [2.75, 3.05) is 47.5 Å². The van der Waals surface area contributed by atoms with E-state index in [1.807, 2.05) is 21.1 Å². The number of likely N-dealkylation sites (N-methyl/N-ethyl adjacent to an activating group) is 1. The normalized spacial score (nSPS) is 13.2. The van der Waals surface area contributed by atoms with E-state index in [-0.39, 0.29) is 32.2 Å². The van der Waals surface area contributed by atoms with Crippen molar-refractivity contribution < 1.29 is 42.9 Å². The summed E-state index contributed by atoms with van der Waals surface area (Å²) in [4.78, 5) is 36.9. The van der Waals surface area contributed by atoms with Crippen molar-refractivity contribution in [3.05, 3.63) is 36.5 Å². The first-order chi connectivity index (χ1) is 27.6. The molecule has 57 heavy (non-hydrogen) atoms. The van der Waals surface area contributed by atoms with E-state index < -0.39 is 24.3 Å².